The van der Waals surface area contributed by atoms with E-state index in [1.54, 1.807) is 17.8 Å². The number of rotatable bonds is 13. The van der Waals surface area contributed by atoms with Gasteiger partial charge in [0.15, 0.2) is 6.29 Å². The van der Waals surface area contributed by atoms with E-state index >= 15 is 0 Å². The Morgan fingerprint density at radius 3 is 2.31 bits per heavy atom. The Morgan fingerprint density at radius 2 is 1.62 bits per heavy atom. The molecule has 1 aliphatic heterocycles. The lowest BCUT2D eigenvalue weighted by Gasteiger charge is -2.36. The van der Waals surface area contributed by atoms with Crippen LogP contribution in [-0.2, 0) is 30.5 Å². The van der Waals surface area contributed by atoms with Gasteiger partial charge in [-0.05, 0) is 60.4 Å². The van der Waals surface area contributed by atoms with Crippen LogP contribution in [0.15, 0.2) is 77.7 Å². The zero-order valence-corrected chi connectivity index (χ0v) is 24.3. The maximum atomic E-state index is 12.4. The van der Waals surface area contributed by atoms with Gasteiger partial charge in [-0.25, -0.2) is 0 Å². The lowest BCUT2D eigenvalue weighted by Crippen LogP contribution is -2.31. The maximum absolute atomic E-state index is 12.4. The van der Waals surface area contributed by atoms with E-state index in [9.17, 15) is 19.5 Å². The largest absolute Gasteiger partial charge is 0.481 e. The monoisotopic (exact) mass is 592 g/mol. The van der Waals surface area contributed by atoms with Gasteiger partial charge < -0.3 is 30.3 Å². The summed E-state index contributed by atoms with van der Waals surface area (Å²) in [6.07, 6.45) is 0.830. The molecule has 9 nitrogen and oxygen atoms in total. The molecule has 3 atom stereocenters. The van der Waals surface area contributed by atoms with Crippen LogP contribution in [0, 0.1) is 0 Å². The molecule has 3 unspecified atom stereocenters. The highest BCUT2D eigenvalue weighted by Crippen LogP contribution is 2.40. The molecule has 1 aliphatic rings. The van der Waals surface area contributed by atoms with E-state index in [0.29, 0.717) is 30.7 Å². The van der Waals surface area contributed by atoms with Crippen LogP contribution in [-0.4, -0.2) is 39.9 Å². The van der Waals surface area contributed by atoms with Crippen molar-refractivity contribution < 1.29 is 34.1 Å². The summed E-state index contributed by atoms with van der Waals surface area (Å²) in [4.78, 5) is 35.5. The zero-order valence-electron chi connectivity index (χ0n) is 23.5. The average Bonchev–Trinajstić information content (AvgIpc) is 2.98. The van der Waals surface area contributed by atoms with E-state index in [-0.39, 0.29) is 43.5 Å². The van der Waals surface area contributed by atoms with E-state index in [1.165, 1.54) is 6.92 Å². The van der Waals surface area contributed by atoms with Crippen molar-refractivity contribution in [2.24, 2.45) is 0 Å². The number of carboxylic acids is 1. The van der Waals surface area contributed by atoms with Gasteiger partial charge in [0.1, 0.15) is 0 Å². The molecule has 0 saturated carbocycles. The van der Waals surface area contributed by atoms with Crippen LogP contribution in [0.5, 0.6) is 0 Å². The first-order valence-corrected chi connectivity index (χ1v) is 14.9. The number of amides is 2. The third-order valence-corrected chi connectivity index (χ3v) is 7.86. The summed E-state index contributed by atoms with van der Waals surface area (Å²) in [7, 11) is 0. The lowest BCUT2D eigenvalue weighted by molar-refractivity contribution is -0.245. The van der Waals surface area contributed by atoms with Crippen molar-refractivity contribution >= 4 is 40.9 Å². The number of nitrogens with one attached hydrogen (secondary N) is 2. The van der Waals surface area contributed by atoms with Crippen molar-refractivity contribution in [3.63, 3.8) is 0 Å². The van der Waals surface area contributed by atoms with Crippen LogP contribution in [0.3, 0.4) is 0 Å². The summed E-state index contributed by atoms with van der Waals surface area (Å²) in [5.74, 6) is -0.481. The average molecular weight is 593 g/mol. The smallest absolute Gasteiger partial charge is 0.303 e. The number of thioether (sulfide) groups is 1. The summed E-state index contributed by atoms with van der Waals surface area (Å²) in [5.41, 5.74) is 3.94. The zero-order chi connectivity index (χ0) is 29.9. The van der Waals surface area contributed by atoms with Crippen LogP contribution in [0.1, 0.15) is 68.1 Å². The second kappa shape index (κ2) is 15.5. The molecule has 1 fully saturated rings. The molecule has 42 heavy (non-hydrogen) atoms. The molecule has 0 radical (unpaired) electrons. The van der Waals surface area contributed by atoms with E-state index in [4.69, 9.17) is 14.6 Å². The van der Waals surface area contributed by atoms with Gasteiger partial charge in [-0.1, -0.05) is 36.4 Å². The first-order valence-electron chi connectivity index (χ1n) is 13.9. The summed E-state index contributed by atoms with van der Waals surface area (Å²) in [6, 6.07) is 22.7. The first kappa shape index (κ1) is 31.2. The van der Waals surface area contributed by atoms with Crippen LogP contribution in [0.2, 0.25) is 0 Å². The summed E-state index contributed by atoms with van der Waals surface area (Å²) in [6.45, 7) is 1.44. The number of carbonyl (C=O) groups excluding carboxylic acids is 2. The number of aliphatic hydroxyl groups is 1. The fourth-order valence-corrected chi connectivity index (χ4v) is 5.52. The molecule has 0 spiro atoms. The number of ether oxygens (including phenoxy) is 2. The molecule has 0 bridgehead atoms. The third-order valence-electron chi connectivity index (χ3n) is 6.71. The predicted octanol–water partition coefficient (Wildman–Crippen LogP) is 6.06. The number of aliphatic carboxylic acids is 1. The molecular formula is C32H36N2O7S. The Kier molecular flexibility index (Phi) is 11.5. The fraction of sp³-hybridized carbons (Fsp3) is 0.344. The van der Waals surface area contributed by atoms with Crippen LogP contribution in [0.25, 0.3) is 0 Å². The number of unbranched alkanes of at least 4 members (excludes halogenated alkanes) is 1. The molecule has 4 N–H and O–H groups in total. The quantitative estimate of drug-likeness (QED) is 0.139. The molecule has 3 aromatic rings. The summed E-state index contributed by atoms with van der Waals surface area (Å²) in [5, 5.41) is 23.9. The van der Waals surface area contributed by atoms with Crippen molar-refractivity contribution in [2.45, 2.75) is 69.0 Å². The van der Waals surface area contributed by atoms with E-state index in [2.05, 4.69) is 10.6 Å². The number of anilines is 2. The normalized spacial score (nSPS) is 18.3. The van der Waals surface area contributed by atoms with Gasteiger partial charge in [0.25, 0.3) is 0 Å². The van der Waals surface area contributed by atoms with Crippen molar-refractivity contribution in [1.82, 2.24) is 0 Å². The minimum atomic E-state index is -0.866. The molecule has 3 aromatic carbocycles. The van der Waals surface area contributed by atoms with Crippen molar-refractivity contribution in [3.8, 4) is 0 Å². The Morgan fingerprint density at radius 1 is 0.881 bits per heavy atom. The van der Waals surface area contributed by atoms with Crippen molar-refractivity contribution in [2.75, 3.05) is 16.4 Å². The van der Waals surface area contributed by atoms with Crippen LogP contribution < -0.4 is 10.6 Å². The second-order valence-electron chi connectivity index (χ2n) is 10.1. The van der Waals surface area contributed by atoms with Crippen LogP contribution >= 0.6 is 11.8 Å². The van der Waals surface area contributed by atoms with Gasteiger partial charge in [-0.15, -0.1) is 11.8 Å². The van der Waals surface area contributed by atoms with E-state index in [0.717, 1.165) is 27.3 Å². The molecule has 222 valence electrons. The van der Waals surface area contributed by atoms with Gasteiger partial charge in [0.2, 0.25) is 11.8 Å². The topological polar surface area (TPSA) is 134 Å². The van der Waals surface area contributed by atoms with Crippen LogP contribution in [0.4, 0.5) is 11.4 Å². The van der Waals surface area contributed by atoms with Gasteiger partial charge in [-0.2, -0.15) is 0 Å². The number of aliphatic hydroxyl groups excluding tert-OH is 1. The molecule has 4 rings (SSSR count). The standard InChI is InChI=1S/C32H36N2O7S/c1-21(36)33-25-13-15-28(16-14-25)42-20-27-18-29(23-11-9-22(19-35)10-12-23)41-32(40-27)24-5-4-6-26(17-24)34-30(37)7-2-3-8-31(38)39/h4-6,9-17,27,29,32,35H,2-3,7-8,18-20H2,1H3,(H,33,36)(H,34,37)(H,38,39). The van der Waals surface area contributed by atoms with Crippen molar-refractivity contribution in [3.05, 3.63) is 89.5 Å². The second-order valence-corrected chi connectivity index (χ2v) is 11.2. The first-order chi connectivity index (χ1) is 20.3. The Bertz CT molecular complexity index is 1350. The van der Waals surface area contributed by atoms with Gasteiger partial charge in [0, 0.05) is 53.8 Å². The minimum Gasteiger partial charge on any atom is -0.481 e. The number of benzene rings is 3. The van der Waals surface area contributed by atoms with Crippen molar-refractivity contribution in [1.29, 1.82) is 0 Å². The molecule has 10 heteroatoms. The number of hydrogen-bond acceptors (Lipinski definition) is 7. The highest BCUT2D eigenvalue weighted by molar-refractivity contribution is 7.99. The highest BCUT2D eigenvalue weighted by Gasteiger charge is 2.32. The van der Waals surface area contributed by atoms with Gasteiger partial charge in [0.05, 0.1) is 18.8 Å². The predicted molar refractivity (Wildman–Crippen MR) is 161 cm³/mol. The Balaban J connectivity index is 1.45. The minimum absolute atomic E-state index is 0.0321. The summed E-state index contributed by atoms with van der Waals surface area (Å²) < 4.78 is 12.8. The lowest BCUT2D eigenvalue weighted by atomic mass is 10.0. The Labute approximate surface area is 249 Å². The number of hydrogen-bond donors (Lipinski definition) is 4. The third kappa shape index (κ3) is 9.70. The SMILES string of the molecule is CC(=O)Nc1ccc(SCC2CC(c3ccc(CO)cc3)OC(c3cccc(NC(=O)CCCCC(=O)O)c3)O2)cc1. The van der Waals surface area contributed by atoms with Gasteiger partial charge >= 0.3 is 5.97 Å². The van der Waals surface area contributed by atoms with Gasteiger partial charge in [-0.3, -0.25) is 14.4 Å². The van der Waals surface area contributed by atoms with E-state index in [1.807, 2.05) is 66.7 Å². The molecule has 1 heterocycles. The molecular weight excluding hydrogens is 556 g/mol. The van der Waals surface area contributed by atoms with E-state index < -0.39 is 12.3 Å². The summed E-state index contributed by atoms with van der Waals surface area (Å²) >= 11 is 1.66. The molecule has 0 aromatic heterocycles. The fourth-order valence-electron chi connectivity index (χ4n) is 4.60. The Hall–Kier alpha value is -3.70. The molecule has 1 saturated heterocycles. The molecule has 0 aliphatic carbocycles. The highest BCUT2D eigenvalue weighted by atomic mass is 32.2. The molecule has 2 amide bonds. The number of carboxylic acid groups (broad SMARTS) is 1. The maximum Gasteiger partial charge on any atom is 0.303 e. The number of carbonyl (C=O) groups is 3.